The fourth-order valence-electron chi connectivity index (χ4n) is 2.66. The van der Waals surface area contributed by atoms with Gasteiger partial charge in [0.25, 0.3) is 0 Å². The van der Waals surface area contributed by atoms with Crippen LogP contribution in [0.1, 0.15) is 22.9 Å². The van der Waals surface area contributed by atoms with Crippen LogP contribution in [0.2, 0.25) is 0 Å². The number of nitrogens with one attached hydrogen (secondary N) is 1. The summed E-state index contributed by atoms with van der Waals surface area (Å²) in [4.78, 5) is 10.5. The van der Waals surface area contributed by atoms with E-state index in [1.54, 1.807) is 23.5 Å². The van der Waals surface area contributed by atoms with Gasteiger partial charge in [0.15, 0.2) is 5.84 Å². The molecule has 0 spiro atoms. The number of hydrogen-bond acceptors (Lipinski definition) is 4. The molecule has 2 heterocycles. The highest BCUT2D eigenvalue weighted by Gasteiger charge is 2.16. The van der Waals surface area contributed by atoms with E-state index in [-0.39, 0.29) is 5.82 Å². The van der Waals surface area contributed by atoms with Crippen LogP contribution in [0.25, 0.3) is 0 Å². The van der Waals surface area contributed by atoms with Gasteiger partial charge in [0.2, 0.25) is 0 Å². The molecule has 0 saturated carbocycles. The van der Waals surface area contributed by atoms with Gasteiger partial charge in [0.1, 0.15) is 11.7 Å². The van der Waals surface area contributed by atoms with Gasteiger partial charge < -0.3 is 5.32 Å². The van der Waals surface area contributed by atoms with E-state index in [1.165, 1.54) is 17.7 Å². The van der Waals surface area contributed by atoms with E-state index in [9.17, 15) is 4.39 Å². The molecule has 124 valence electrons. The second kappa shape index (κ2) is 6.61. The van der Waals surface area contributed by atoms with Crippen LogP contribution in [0.3, 0.4) is 0 Å². The van der Waals surface area contributed by atoms with Crippen LogP contribution in [0.15, 0.2) is 70.0 Å². The molecule has 1 aliphatic rings. The van der Waals surface area contributed by atoms with Gasteiger partial charge in [-0.2, -0.15) is 0 Å². The molecule has 0 aliphatic carbocycles. The van der Waals surface area contributed by atoms with Crippen molar-refractivity contribution in [1.29, 1.82) is 0 Å². The number of rotatable bonds is 3. The molecule has 1 aromatic heterocycles. The van der Waals surface area contributed by atoms with Gasteiger partial charge in [-0.3, -0.25) is 0 Å². The fraction of sp³-hybridized carbons (Fsp3) is 0.100. The number of aliphatic imine (C=N–C) groups is 2. The number of thiophene rings is 1. The molecule has 0 unspecified atom stereocenters. The summed E-state index contributed by atoms with van der Waals surface area (Å²) in [5, 5.41) is 5.38. The van der Waals surface area contributed by atoms with E-state index >= 15 is 0 Å². The minimum absolute atomic E-state index is 0.265. The summed E-state index contributed by atoms with van der Waals surface area (Å²) in [6, 6.07) is 16.5. The van der Waals surface area contributed by atoms with Crippen molar-refractivity contribution >= 4 is 34.4 Å². The molecule has 0 bridgehead atoms. The van der Waals surface area contributed by atoms with Crippen LogP contribution in [-0.2, 0) is 6.42 Å². The van der Waals surface area contributed by atoms with Gasteiger partial charge in [0.05, 0.1) is 16.3 Å². The predicted octanol–water partition coefficient (Wildman–Crippen LogP) is 5.40. The third kappa shape index (κ3) is 3.23. The first-order chi connectivity index (χ1) is 12.2. The molecule has 5 heteroatoms. The van der Waals surface area contributed by atoms with Gasteiger partial charge in [-0.1, -0.05) is 19.1 Å². The first kappa shape index (κ1) is 15.7. The van der Waals surface area contributed by atoms with Crippen LogP contribution in [-0.4, -0.2) is 11.7 Å². The minimum atomic E-state index is -0.265. The number of aryl methyl sites for hydroxylation is 1. The summed E-state index contributed by atoms with van der Waals surface area (Å²) in [7, 11) is 0. The van der Waals surface area contributed by atoms with Crippen molar-refractivity contribution in [3.05, 3.63) is 81.8 Å². The maximum absolute atomic E-state index is 13.3. The number of anilines is 1. The highest BCUT2D eigenvalue weighted by atomic mass is 32.1. The van der Waals surface area contributed by atoms with Gasteiger partial charge in [-0.25, -0.2) is 14.4 Å². The number of nitrogens with zero attached hydrogens (tertiary/aromatic N) is 2. The van der Waals surface area contributed by atoms with Crippen molar-refractivity contribution in [2.45, 2.75) is 13.3 Å². The number of halogens is 1. The van der Waals surface area contributed by atoms with Crippen molar-refractivity contribution in [2.24, 2.45) is 9.98 Å². The Morgan fingerprint density at radius 1 is 1.04 bits per heavy atom. The molecule has 25 heavy (non-hydrogen) atoms. The molecule has 0 atom stereocenters. The lowest BCUT2D eigenvalue weighted by atomic mass is 10.1. The van der Waals surface area contributed by atoms with E-state index in [1.807, 2.05) is 23.6 Å². The Morgan fingerprint density at radius 3 is 2.60 bits per heavy atom. The third-order valence-electron chi connectivity index (χ3n) is 4.03. The number of benzene rings is 2. The van der Waals surface area contributed by atoms with E-state index in [2.05, 4.69) is 24.4 Å². The van der Waals surface area contributed by atoms with E-state index in [0.29, 0.717) is 11.7 Å². The number of fused-ring (bicyclic) bond motifs is 1. The lowest BCUT2D eigenvalue weighted by Crippen LogP contribution is -2.14. The molecular weight excluding hydrogens is 333 g/mol. The molecule has 0 fully saturated rings. The van der Waals surface area contributed by atoms with Crippen LogP contribution < -0.4 is 5.32 Å². The van der Waals surface area contributed by atoms with E-state index < -0.39 is 0 Å². The molecule has 1 N–H and O–H groups in total. The fourth-order valence-corrected chi connectivity index (χ4v) is 3.32. The molecule has 3 nitrogen and oxygen atoms in total. The van der Waals surface area contributed by atoms with Crippen molar-refractivity contribution in [3.63, 3.8) is 0 Å². The highest BCUT2D eigenvalue weighted by Crippen LogP contribution is 2.31. The largest absolute Gasteiger partial charge is 0.338 e. The van der Waals surface area contributed by atoms with Crippen LogP contribution in [0.5, 0.6) is 0 Å². The molecule has 0 saturated heterocycles. The van der Waals surface area contributed by atoms with Crippen LogP contribution in [0.4, 0.5) is 15.8 Å². The quantitative estimate of drug-likeness (QED) is 0.675. The predicted molar refractivity (Wildman–Crippen MR) is 103 cm³/mol. The molecule has 3 aromatic rings. The first-order valence-corrected chi connectivity index (χ1v) is 8.98. The lowest BCUT2D eigenvalue weighted by Gasteiger charge is -2.11. The van der Waals surface area contributed by atoms with Crippen molar-refractivity contribution in [1.82, 2.24) is 0 Å². The minimum Gasteiger partial charge on any atom is -0.338 e. The summed E-state index contributed by atoms with van der Waals surface area (Å²) in [5.41, 5.74) is 3.80. The summed E-state index contributed by atoms with van der Waals surface area (Å²) in [5.74, 6) is 1.06. The highest BCUT2D eigenvalue weighted by molar-refractivity contribution is 7.12. The second-order valence-corrected chi connectivity index (χ2v) is 6.66. The Labute approximate surface area is 149 Å². The van der Waals surface area contributed by atoms with Gasteiger partial charge in [0, 0.05) is 5.56 Å². The number of amidine groups is 2. The Morgan fingerprint density at radius 2 is 1.88 bits per heavy atom. The van der Waals surface area contributed by atoms with Crippen LogP contribution >= 0.6 is 11.3 Å². The summed E-state index contributed by atoms with van der Waals surface area (Å²) in [6.07, 6.45) is 0.944. The van der Waals surface area contributed by atoms with Gasteiger partial charge in [-0.05, 0) is 59.8 Å². The van der Waals surface area contributed by atoms with Gasteiger partial charge in [-0.15, -0.1) is 11.3 Å². The monoisotopic (exact) mass is 349 g/mol. The molecule has 0 amide bonds. The zero-order chi connectivity index (χ0) is 17.2. The van der Waals surface area contributed by atoms with Crippen molar-refractivity contribution in [2.75, 3.05) is 5.32 Å². The smallest absolute Gasteiger partial charge is 0.172 e. The molecule has 1 aliphatic heterocycles. The molecular formula is C20H16FN3S. The molecule has 4 rings (SSSR count). The maximum atomic E-state index is 13.3. The Kier molecular flexibility index (Phi) is 4.15. The SMILES string of the molecule is CCc1ccc2c(c1)NC(c1ccc(F)cc1)=NC(c1cccs1)=N2. The summed E-state index contributed by atoms with van der Waals surface area (Å²) >= 11 is 1.60. The molecule has 2 aromatic carbocycles. The Balaban J connectivity index is 1.86. The van der Waals surface area contributed by atoms with Crippen LogP contribution in [0, 0.1) is 5.82 Å². The average Bonchev–Trinajstić information content (AvgIpc) is 3.10. The van der Waals surface area contributed by atoms with Crippen molar-refractivity contribution < 1.29 is 4.39 Å². The Bertz CT molecular complexity index is 957. The second-order valence-electron chi connectivity index (χ2n) is 5.71. The summed E-state index contributed by atoms with van der Waals surface area (Å²) < 4.78 is 13.3. The average molecular weight is 349 g/mol. The standard InChI is InChI=1S/C20H16FN3S/c1-2-13-5-10-16-17(12-13)23-19(14-6-8-15(21)9-7-14)24-20(22-16)18-4-3-11-25-18/h3-12H,2H2,1H3,(H,22,23,24). The Hall–Kier alpha value is -2.79. The normalized spacial score (nSPS) is 13.4. The van der Waals surface area contributed by atoms with Crippen molar-refractivity contribution in [3.8, 4) is 0 Å². The molecule has 0 radical (unpaired) electrons. The maximum Gasteiger partial charge on any atom is 0.172 e. The number of hydrogen-bond donors (Lipinski definition) is 1. The zero-order valence-electron chi connectivity index (χ0n) is 13.7. The van der Waals surface area contributed by atoms with Gasteiger partial charge >= 0.3 is 0 Å². The topological polar surface area (TPSA) is 36.8 Å². The van der Waals surface area contributed by atoms with E-state index in [4.69, 9.17) is 9.98 Å². The third-order valence-corrected chi connectivity index (χ3v) is 4.89. The lowest BCUT2D eigenvalue weighted by molar-refractivity contribution is 0.628. The summed E-state index contributed by atoms with van der Waals surface area (Å²) in [6.45, 7) is 2.12. The first-order valence-electron chi connectivity index (χ1n) is 8.10. The zero-order valence-corrected chi connectivity index (χ0v) is 14.5. The van der Waals surface area contributed by atoms with E-state index in [0.717, 1.165) is 28.2 Å².